The second-order valence-electron chi connectivity index (χ2n) is 2.72. The van der Waals surface area contributed by atoms with Crippen LogP contribution in [0.5, 0.6) is 0 Å². The van der Waals surface area contributed by atoms with Gasteiger partial charge in [-0.2, -0.15) is 0 Å². The molecule has 7 N–H and O–H groups in total. The highest BCUT2D eigenvalue weighted by Crippen LogP contribution is 2.18. The summed E-state index contributed by atoms with van der Waals surface area (Å²) in [7, 11) is 0. The summed E-state index contributed by atoms with van der Waals surface area (Å²) >= 11 is 0. The minimum atomic E-state index is -1.57. The highest BCUT2D eigenvalue weighted by atomic mass is 16.6. The summed E-state index contributed by atoms with van der Waals surface area (Å²) < 4.78 is 4.58. The van der Waals surface area contributed by atoms with Gasteiger partial charge >= 0.3 is 0 Å². The molecule has 80 valence electrons. The molecule has 0 spiro atoms. The summed E-state index contributed by atoms with van der Waals surface area (Å²) in [6.07, 6.45) is -7.04. The van der Waals surface area contributed by atoms with E-state index in [0.717, 1.165) is 0 Å². The van der Waals surface area contributed by atoms with Gasteiger partial charge in [-0.25, -0.2) is 0 Å². The maximum atomic E-state index is 9.12. The van der Waals surface area contributed by atoms with Crippen LogP contribution < -0.4 is 0 Å². The molecule has 1 saturated heterocycles. The average Bonchev–Trinajstić information content (AvgIpc) is 2.08. The topological polar surface area (TPSA) is 142 Å². The average molecular weight is 198 g/mol. The zero-order chi connectivity index (χ0) is 9.30. The fraction of sp³-hybridized carbons (Fsp3) is 1.00. The van der Waals surface area contributed by atoms with Crippen molar-refractivity contribution in [3.05, 3.63) is 0 Å². The van der Waals surface area contributed by atoms with Gasteiger partial charge in [-0.1, -0.05) is 0 Å². The quantitative estimate of drug-likeness (QED) is 0.290. The molecule has 13 heavy (non-hydrogen) atoms. The predicted molar refractivity (Wildman–Crippen MR) is 39.6 cm³/mol. The Kier molecular flexibility index (Phi) is 4.71. The fourth-order valence-electron chi connectivity index (χ4n) is 1.08. The Bertz CT molecular complexity index is 147. The molecule has 0 unspecified atom stereocenters. The van der Waals surface area contributed by atoms with Crippen molar-refractivity contribution in [1.82, 2.24) is 0 Å². The molecule has 1 fully saturated rings. The Morgan fingerprint density at radius 2 is 1.46 bits per heavy atom. The third-order valence-corrected chi connectivity index (χ3v) is 1.87. The van der Waals surface area contributed by atoms with E-state index in [1.54, 1.807) is 0 Å². The lowest BCUT2D eigenvalue weighted by atomic mass is 10.00. The first-order chi connectivity index (χ1) is 5.57. The number of aliphatic hydroxyl groups excluding tert-OH is 5. The molecule has 0 aliphatic carbocycles. The van der Waals surface area contributed by atoms with Gasteiger partial charge in [-0.15, -0.1) is 0 Å². The summed E-state index contributed by atoms with van der Waals surface area (Å²) in [6.45, 7) is -0.526. The van der Waals surface area contributed by atoms with Gasteiger partial charge in [0.05, 0.1) is 6.61 Å². The SMILES string of the molecule is O.OC[C@H]1O[C@H](O)[C@H](O)[C@@H](O)[C@@H]1O. The van der Waals surface area contributed by atoms with Crippen LogP contribution in [0, 0.1) is 0 Å². The molecular weight excluding hydrogens is 184 g/mol. The van der Waals surface area contributed by atoms with Gasteiger partial charge < -0.3 is 35.7 Å². The van der Waals surface area contributed by atoms with E-state index in [-0.39, 0.29) is 5.48 Å². The Hall–Kier alpha value is -0.280. The van der Waals surface area contributed by atoms with Crippen molar-refractivity contribution in [2.75, 3.05) is 6.61 Å². The van der Waals surface area contributed by atoms with Crippen LogP contribution in [0.15, 0.2) is 0 Å². The Labute approximate surface area is 74.1 Å². The highest BCUT2D eigenvalue weighted by Gasteiger charge is 2.42. The van der Waals surface area contributed by atoms with Crippen LogP contribution >= 0.6 is 0 Å². The van der Waals surface area contributed by atoms with Gasteiger partial charge in [0, 0.05) is 0 Å². The molecule has 7 heteroatoms. The van der Waals surface area contributed by atoms with Gasteiger partial charge in [0.1, 0.15) is 24.4 Å². The second kappa shape index (κ2) is 4.82. The van der Waals surface area contributed by atoms with Crippen molar-refractivity contribution < 1.29 is 35.7 Å². The monoisotopic (exact) mass is 198 g/mol. The molecule has 0 aromatic rings. The van der Waals surface area contributed by atoms with Crippen LogP contribution in [0.3, 0.4) is 0 Å². The highest BCUT2D eigenvalue weighted by molar-refractivity contribution is 4.87. The zero-order valence-electron chi connectivity index (χ0n) is 6.74. The molecule has 0 saturated carbocycles. The molecule has 0 radical (unpaired) electrons. The molecule has 1 heterocycles. The number of ether oxygens (including phenoxy) is 1. The van der Waals surface area contributed by atoms with E-state index in [1.807, 2.05) is 0 Å². The predicted octanol–water partition coefficient (Wildman–Crippen LogP) is -4.05. The Morgan fingerprint density at radius 1 is 0.923 bits per heavy atom. The number of rotatable bonds is 1. The van der Waals surface area contributed by atoms with Crippen LogP contribution in [0.25, 0.3) is 0 Å². The van der Waals surface area contributed by atoms with Gasteiger partial charge in [-0.3, -0.25) is 0 Å². The molecule has 0 aromatic heterocycles. The van der Waals surface area contributed by atoms with E-state index < -0.39 is 37.3 Å². The normalized spacial score (nSPS) is 45.5. The fourth-order valence-corrected chi connectivity index (χ4v) is 1.08. The number of aliphatic hydroxyl groups is 5. The second-order valence-corrected chi connectivity index (χ2v) is 2.72. The lowest BCUT2D eigenvalue weighted by Crippen LogP contribution is -2.58. The van der Waals surface area contributed by atoms with E-state index in [0.29, 0.717) is 0 Å². The summed E-state index contributed by atoms with van der Waals surface area (Å²) in [6, 6.07) is 0. The zero-order valence-corrected chi connectivity index (χ0v) is 6.74. The smallest absolute Gasteiger partial charge is 0.184 e. The molecule has 5 atom stereocenters. The first-order valence-electron chi connectivity index (χ1n) is 3.56. The van der Waals surface area contributed by atoms with Crippen molar-refractivity contribution >= 4 is 0 Å². The summed E-state index contributed by atoms with van der Waals surface area (Å²) in [5.74, 6) is 0. The van der Waals surface area contributed by atoms with E-state index >= 15 is 0 Å². The maximum absolute atomic E-state index is 9.12. The molecule has 0 amide bonds. The molecule has 0 aromatic carbocycles. The van der Waals surface area contributed by atoms with Gasteiger partial charge in [0.15, 0.2) is 6.29 Å². The molecular formula is C6H14O7. The van der Waals surface area contributed by atoms with Gasteiger partial charge in [0.2, 0.25) is 0 Å². The largest absolute Gasteiger partial charge is 0.412 e. The van der Waals surface area contributed by atoms with Gasteiger partial charge in [-0.05, 0) is 0 Å². The lowest BCUT2D eigenvalue weighted by Gasteiger charge is -2.37. The van der Waals surface area contributed by atoms with Crippen molar-refractivity contribution in [3.63, 3.8) is 0 Å². The molecule has 1 aliphatic heterocycles. The Balaban J connectivity index is 0.00000144. The van der Waals surface area contributed by atoms with Crippen LogP contribution in [0.4, 0.5) is 0 Å². The maximum Gasteiger partial charge on any atom is 0.184 e. The van der Waals surface area contributed by atoms with Crippen LogP contribution in [-0.4, -0.2) is 68.3 Å². The van der Waals surface area contributed by atoms with Crippen molar-refractivity contribution in [2.45, 2.75) is 30.7 Å². The van der Waals surface area contributed by atoms with Crippen molar-refractivity contribution in [1.29, 1.82) is 0 Å². The minimum absolute atomic E-state index is 0. The van der Waals surface area contributed by atoms with E-state index in [2.05, 4.69) is 4.74 Å². The standard InChI is InChI=1S/C6H12O6.H2O/c7-1-2-3(8)4(9)5(10)6(11)12-2;/h2-11H,1H2;1H2/t2-,3-,4+,5-,6+;/m1./s1. The third-order valence-electron chi connectivity index (χ3n) is 1.87. The summed E-state index contributed by atoms with van der Waals surface area (Å²) in [5, 5.41) is 44.7. The van der Waals surface area contributed by atoms with E-state index in [9.17, 15) is 0 Å². The number of hydrogen-bond donors (Lipinski definition) is 5. The van der Waals surface area contributed by atoms with E-state index in [4.69, 9.17) is 25.5 Å². The van der Waals surface area contributed by atoms with Crippen LogP contribution in [-0.2, 0) is 4.74 Å². The Morgan fingerprint density at radius 3 is 1.92 bits per heavy atom. The molecule has 1 aliphatic rings. The van der Waals surface area contributed by atoms with Gasteiger partial charge in [0.25, 0.3) is 0 Å². The first kappa shape index (κ1) is 12.7. The minimum Gasteiger partial charge on any atom is -0.412 e. The summed E-state index contributed by atoms with van der Waals surface area (Å²) in [4.78, 5) is 0. The molecule has 7 nitrogen and oxygen atoms in total. The van der Waals surface area contributed by atoms with Crippen LogP contribution in [0.1, 0.15) is 0 Å². The molecule has 1 rings (SSSR count). The third kappa shape index (κ3) is 2.35. The van der Waals surface area contributed by atoms with Crippen LogP contribution in [0.2, 0.25) is 0 Å². The van der Waals surface area contributed by atoms with Crippen molar-refractivity contribution in [3.8, 4) is 0 Å². The molecule has 0 bridgehead atoms. The first-order valence-corrected chi connectivity index (χ1v) is 3.56. The van der Waals surface area contributed by atoms with E-state index in [1.165, 1.54) is 0 Å². The summed E-state index contributed by atoms with van der Waals surface area (Å²) in [5.41, 5.74) is 0. The lowest BCUT2D eigenvalue weighted by molar-refractivity contribution is -0.286. The van der Waals surface area contributed by atoms with Crippen molar-refractivity contribution in [2.24, 2.45) is 0 Å². The number of hydrogen-bond acceptors (Lipinski definition) is 6.